The van der Waals surface area contributed by atoms with Gasteiger partial charge in [0.1, 0.15) is 6.54 Å². The lowest BCUT2D eigenvalue weighted by Gasteiger charge is -2.30. The van der Waals surface area contributed by atoms with E-state index in [1.807, 2.05) is 39.0 Å². The van der Waals surface area contributed by atoms with Crippen LogP contribution in [0.25, 0.3) is 10.9 Å². The number of carboxylic acid groups (broad SMARTS) is 1. The minimum absolute atomic E-state index is 0.0258. The normalized spacial score (nSPS) is 18.5. The number of rotatable bonds is 6. The smallest absolute Gasteiger partial charge is 0.323 e. The van der Waals surface area contributed by atoms with Crippen molar-refractivity contribution in [3.05, 3.63) is 58.5 Å². The number of hydrogen-bond acceptors (Lipinski definition) is 5. The number of ketones is 1. The molecule has 0 amide bonds. The average Bonchev–Trinajstić information content (AvgIpc) is 3.30. The minimum Gasteiger partial charge on any atom is -0.480 e. The number of morpholine rings is 1. The first-order chi connectivity index (χ1) is 17.0. The van der Waals surface area contributed by atoms with E-state index in [-0.39, 0.29) is 37.3 Å². The number of benzene rings is 1. The zero-order valence-electron chi connectivity index (χ0n) is 20.8. The Balaban J connectivity index is 1.69. The maximum Gasteiger partial charge on any atom is 0.323 e. The Kier molecular flexibility index (Phi) is 6.09. The van der Waals surface area contributed by atoms with Gasteiger partial charge in [0.05, 0.1) is 18.7 Å². The van der Waals surface area contributed by atoms with Gasteiger partial charge in [-0.2, -0.15) is 12.7 Å². The van der Waals surface area contributed by atoms with Gasteiger partial charge in [0.2, 0.25) is 0 Å². The second kappa shape index (κ2) is 8.86. The van der Waals surface area contributed by atoms with E-state index in [4.69, 9.17) is 4.74 Å². The molecule has 0 bridgehead atoms. The average molecular weight is 514 g/mol. The van der Waals surface area contributed by atoms with Crippen LogP contribution in [0.3, 0.4) is 0 Å². The van der Waals surface area contributed by atoms with Gasteiger partial charge in [-0.25, -0.2) is 3.97 Å². The fourth-order valence-electron chi connectivity index (χ4n) is 5.63. The van der Waals surface area contributed by atoms with Crippen molar-refractivity contribution in [3.8, 4) is 0 Å². The molecule has 0 saturated carbocycles. The molecule has 1 aliphatic heterocycles. The summed E-state index contributed by atoms with van der Waals surface area (Å²) in [5.74, 6) is -1.01. The second-order valence-electron chi connectivity index (χ2n) is 10.5. The van der Waals surface area contributed by atoms with Gasteiger partial charge in [0, 0.05) is 54.0 Å². The van der Waals surface area contributed by atoms with E-state index in [0.29, 0.717) is 54.1 Å². The predicted octanol–water partition coefficient (Wildman–Crippen LogP) is 3.01. The third-order valence-electron chi connectivity index (χ3n) is 7.24. The zero-order chi connectivity index (χ0) is 25.8. The van der Waals surface area contributed by atoms with Crippen molar-refractivity contribution < 1.29 is 27.9 Å². The Hall–Kier alpha value is -2.95. The number of ether oxygens (including phenoxy) is 1. The molecule has 3 aromatic rings. The summed E-state index contributed by atoms with van der Waals surface area (Å²) in [4.78, 5) is 25.0. The largest absolute Gasteiger partial charge is 0.480 e. The van der Waals surface area contributed by atoms with Crippen molar-refractivity contribution in [2.75, 3.05) is 26.3 Å². The third kappa shape index (κ3) is 4.16. The van der Waals surface area contributed by atoms with Crippen molar-refractivity contribution in [2.24, 2.45) is 5.41 Å². The first-order valence-corrected chi connectivity index (χ1v) is 13.5. The predicted molar refractivity (Wildman–Crippen MR) is 135 cm³/mol. The molecule has 3 heterocycles. The summed E-state index contributed by atoms with van der Waals surface area (Å²) in [6, 6.07) is 9.17. The molecule has 0 unspecified atom stereocenters. The van der Waals surface area contributed by atoms with Gasteiger partial charge >= 0.3 is 16.2 Å². The molecule has 5 rings (SSSR count). The van der Waals surface area contributed by atoms with Crippen LogP contribution in [0.1, 0.15) is 53.3 Å². The van der Waals surface area contributed by atoms with Gasteiger partial charge in [0.15, 0.2) is 5.78 Å². The molecule has 1 aliphatic carbocycles. The number of fused-ring (bicyclic) bond motifs is 2. The highest BCUT2D eigenvalue weighted by Gasteiger charge is 2.38. The lowest BCUT2D eigenvalue weighted by Crippen LogP contribution is -2.43. The van der Waals surface area contributed by atoms with Crippen molar-refractivity contribution in [1.82, 2.24) is 12.8 Å². The summed E-state index contributed by atoms with van der Waals surface area (Å²) in [6.07, 6.45) is 1.14. The lowest BCUT2D eigenvalue weighted by atomic mass is 9.75. The molecule has 0 atom stereocenters. The SMILES string of the molecule is Cc1c(Cc2cc3ccccc3n2S(=O)(=O)N2CCOCC2)c2c(n1CC(=O)O)CC(C)(C)CC2=O. The van der Waals surface area contributed by atoms with Crippen LogP contribution >= 0.6 is 0 Å². The zero-order valence-corrected chi connectivity index (χ0v) is 21.6. The molecule has 1 saturated heterocycles. The van der Waals surface area contributed by atoms with Crippen molar-refractivity contribution in [2.45, 2.75) is 46.6 Å². The van der Waals surface area contributed by atoms with E-state index in [9.17, 15) is 23.1 Å². The van der Waals surface area contributed by atoms with E-state index in [1.54, 1.807) is 16.7 Å². The Morgan fingerprint density at radius 1 is 1.14 bits per heavy atom. The summed E-state index contributed by atoms with van der Waals surface area (Å²) >= 11 is 0. The molecule has 1 fully saturated rings. The quantitative estimate of drug-likeness (QED) is 0.543. The van der Waals surface area contributed by atoms with Crippen molar-refractivity contribution >= 4 is 32.9 Å². The molecule has 10 heteroatoms. The molecule has 9 nitrogen and oxygen atoms in total. The summed E-state index contributed by atoms with van der Waals surface area (Å²) in [7, 11) is -3.89. The van der Waals surface area contributed by atoms with Gasteiger partial charge in [-0.05, 0) is 36.5 Å². The van der Waals surface area contributed by atoms with Gasteiger partial charge in [0.25, 0.3) is 0 Å². The number of aliphatic carboxylic acids is 1. The van der Waals surface area contributed by atoms with Gasteiger partial charge in [-0.1, -0.05) is 32.0 Å². The lowest BCUT2D eigenvalue weighted by molar-refractivity contribution is -0.137. The van der Waals surface area contributed by atoms with Crippen LogP contribution in [-0.2, 0) is 39.1 Å². The fraction of sp³-hybridized carbons (Fsp3) is 0.462. The Bertz CT molecular complexity index is 1470. The summed E-state index contributed by atoms with van der Waals surface area (Å²) in [6.45, 7) is 6.80. The monoisotopic (exact) mass is 513 g/mol. The molecular weight excluding hydrogens is 482 g/mol. The van der Waals surface area contributed by atoms with Gasteiger partial charge in [-0.15, -0.1) is 0 Å². The number of para-hydroxylation sites is 1. The van der Waals surface area contributed by atoms with Crippen LogP contribution in [0.4, 0.5) is 0 Å². The second-order valence-corrected chi connectivity index (χ2v) is 12.2. The van der Waals surface area contributed by atoms with E-state index in [0.717, 1.165) is 11.1 Å². The molecule has 192 valence electrons. The standard InChI is InChI=1S/C26H31N3O6S/c1-17-20(25-22(28(17)16-24(31)32)14-26(2,3)15-23(25)30)13-19-12-18-6-4-5-7-21(18)29(19)36(33,34)27-8-10-35-11-9-27/h4-7,12H,8-11,13-16H2,1-3H3,(H,31,32). The molecule has 0 radical (unpaired) electrons. The number of nitrogens with zero attached hydrogens (tertiary/aromatic N) is 3. The summed E-state index contributed by atoms with van der Waals surface area (Å²) < 4.78 is 37.6. The fourth-order valence-corrected chi connectivity index (χ4v) is 7.30. The number of carbonyl (C=O) groups is 2. The molecule has 2 aliphatic rings. The topological polar surface area (TPSA) is 111 Å². The number of carbonyl (C=O) groups excluding carboxylic acids is 1. The Morgan fingerprint density at radius 2 is 1.83 bits per heavy atom. The highest BCUT2D eigenvalue weighted by molar-refractivity contribution is 7.87. The van der Waals surface area contributed by atoms with Crippen LogP contribution < -0.4 is 0 Å². The maximum atomic E-state index is 13.8. The highest BCUT2D eigenvalue weighted by Crippen LogP contribution is 2.40. The van der Waals surface area contributed by atoms with Crippen LogP contribution in [0, 0.1) is 12.3 Å². The van der Waals surface area contributed by atoms with Gasteiger partial charge < -0.3 is 14.4 Å². The molecular formula is C26H31N3O6S. The molecule has 0 spiro atoms. The molecule has 1 aromatic carbocycles. The summed E-state index contributed by atoms with van der Waals surface area (Å²) in [5.41, 5.74) is 3.50. The maximum absolute atomic E-state index is 13.8. The van der Waals surface area contributed by atoms with E-state index >= 15 is 0 Å². The van der Waals surface area contributed by atoms with Crippen LogP contribution in [0.15, 0.2) is 30.3 Å². The highest BCUT2D eigenvalue weighted by atomic mass is 32.2. The van der Waals surface area contributed by atoms with Crippen molar-refractivity contribution in [1.29, 1.82) is 0 Å². The molecule has 1 N–H and O–H groups in total. The first kappa shape index (κ1) is 24.7. The minimum atomic E-state index is -3.89. The Labute approximate surface area is 210 Å². The van der Waals surface area contributed by atoms with Crippen LogP contribution in [0.5, 0.6) is 0 Å². The third-order valence-corrected chi connectivity index (χ3v) is 9.15. The van der Waals surface area contributed by atoms with E-state index in [1.165, 1.54) is 8.28 Å². The summed E-state index contributed by atoms with van der Waals surface area (Å²) in [5, 5.41) is 10.4. The first-order valence-electron chi connectivity index (χ1n) is 12.1. The number of aromatic nitrogens is 2. The van der Waals surface area contributed by atoms with Crippen LogP contribution in [0.2, 0.25) is 0 Å². The van der Waals surface area contributed by atoms with Gasteiger partial charge in [-0.3, -0.25) is 9.59 Å². The Morgan fingerprint density at radius 3 is 2.53 bits per heavy atom. The van der Waals surface area contributed by atoms with E-state index < -0.39 is 16.2 Å². The molecule has 2 aromatic heterocycles. The van der Waals surface area contributed by atoms with E-state index in [2.05, 4.69) is 0 Å². The number of carboxylic acids is 1. The van der Waals surface area contributed by atoms with Crippen molar-refractivity contribution in [3.63, 3.8) is 0 Å². The van der Waals surface area contributed by atoms with Crippen LogP contribution in [-0.4, -0.2) is 64.4 Å². The number of hydrogen-bond donors (Lipinski definition) is 1. The molecule has 36 heavy (non-hydrogen) atoms. The number of Topliss-reactive ketones (excluding diaryl/α,β-unsaturated/α-hetero) is 1.